The minimum atomic E-state index is -0.450. The molecule has 3 rings (SSSR count). The molecular weight excluding hydrogens is 551 g/mol. The number of non-ortho nitro benzene ring substituents is 1. The van der Waals surface area contributed by atoms with Crippen LogP contribution in [0.5, 0.6) is 11.5 Å². The van der Waals surface area contributed by atoms with E-state index in [-0.39, 0.29) is 24.7 Å². The Hall–Kier alpha value is -3.67. The topological polar surface area (TPSA) is 115 Å². The van der Waals surface area contributed by atoms with Crippen LogP contribution >= 0.6 is 22.6 Å². The van der Waals surface area contributed by atoms with Gasteiger partial charge in [0.05, 0.1) is 24.8 Å². The van der Waals surface area contributed by atoms with Crippen molar-refractivity contribution in [1.82, 2.24) is 5.43 Å². The first-order valence-corrected chi connectivity index (χ1v) is 11.3. The summed E-state index contributed by atoms with van der Waals surface area (Å²) < 4.78 is 12.3. The Morgan fingerprint density at radius 1 is 1.12 bits per heavy atom. The molecule has 0 saturated heterocycles. The monoisotopic (exact) mass is 574 g/mol. The fourth-order valence-corrected chi connectivity index (χ4v) is 3.25. The van der Waals surface area contributed by atoms with Crippen LogP contribution in [0.1, 0.15) is 16.7 Å². The number of nitro groups is 1. The van der Waals surface area contributed by atoms with Crippen LogP contribution in [0.4, 0.5) is 11.4 Å². The van der Waals surface area contributed by atoms with Gasteiger partial charge in [-0.1, -0.05) is 0 Å². The number of aryl methyl sites for hydroxylation is 1. The zero-order valence-electron chi connectivity index (χ0n) is 18.6. The first-order chi connectivity index (χ1) is 16.4. The molecule has 3 aromatic carbocycles. The Morgan fingerprint density at radius 2 is 1.88 bits per heavy atom. The highest BCUT2D eigenvalue weighted by Crippen LogP contribution is 2.28. The summed E-state index contributed by atoms with van der Waals surface area (Å²) in [7, 11) is 1.53. The van der Waals surface area contributed by atoms with Crippen LogP contribution in [0.15, 0.2) is 65.8 Å². The van der Waals surface area contributed by atoms with Crippen molar-refractivity contribution in [2.75, 3.05) is 19.0 Å². The number of hydrogen-bond donors (Lipinski definition) is 2. The molecule has 0 bridgehead atoms. The number of amides is 1. The highest BCUT2D eigenvalue weighted by molar-refractivity contribution is 14.1. The number of benzene rings is 3. The molecule has 0 heterocycles. The Morgan fingerprint density at radius 3 is 2.56 bits per heavy atom. The Bertz CT molecular complexity index is 1200. The normalized spacial score (nSPS) is 10.7. The van der Waals surface area contributed by atoms with E-state index in [0.29, 0.717) is 17.1 Å². The minimum Gasteiger partial charge on any atom is -0.493 e. The third kappa shape index (κ3) is 7.17. The van der Waals surface area contributed by atoms with E-state index in [9.17, 15) is 14.9 Å². The van der Waals surface area contributed by atoms with Gasteiger partial charge in [-0.25, -0.2) is 5.43 Å². The number of nitrogens with one attached hydrogen (secondary N) is 2. The van der Waals surface area contributed by atoms with Gasteiger partial charge in [0.1, 0.15) is 6.61 Å². The molecule has 0 atom stereocenters. The molecule has 0 spiro atoms. The van der Waals surface area contributed by atoms with Crippen LogP contribution < -0.4 is 20.2 Å². The maximum Gasteiger partial charge on any atom is 0.269 e. The second-order valence-electron chi connectivity index (χ2n) is 7.23. The zero-order valence-corrected chi connectivity index (χ0v) is 20.7. The summed E-state index contributed by atoms with van der Waals surface area (Å²) in [6.45, 7) is 2.30. The van der Waals surface area contributed by atoms with Crippen LogP contribution in [-0.4, -0.2) is 30.7 Å². The molecule has 34 heavy (non-hydrogen) atoms. The Labute approximate surface area is 210 Å². The van der Waals surface area contributed by atoms with Gasteiger partial charge in [0.2, 0.25) is 0 Å². The van der Waals surface area contributed by atoms with Crippen molar-refractivity contribution >= 4 is 46.1 Å². The van der Waals surface area contributed by atoms with Gasteiger partial charge < -0.3 is 14.8 Å². The number of anilines is 1. The van der Waals surface area contributed by atoms with Crippen LogP contribution in [0.25, 0.3) is 0 Å². The first kappa shape index (κ1) is 25.0. The first-order valence-electron chi connectivity index (χ1n) is 10.2. The summed E-state index contributed by atoms with van der Waals surface area (Å²) in [5.41, 5.74) is 5.97. The lowest BCUT2D eigenvalue weighted by atomic mass is 10.2. The average Bonchev–Trinajstić information content (AvgIpc) is 2.83. The highest BCUT2D eigenvalue weighted by atomic mass is 127. The highest BCUT2D eigenvalue weighted by Gasteiger charge is 2.08. The molecule has 1 amide bonds. The number of hydrogen-bond acceptors (Lipinski definition) is 7. The van der Waals surface area contributed by atoms with Gasteiger partial charge >= 0.3 is 0 Å². The van der Waals surface area contributed by atoms with E-state index >= 15 is 0 Å². The molecule has 3 aromatic rings. The van der Waals surface area contributed by atoms with Crippen molar-refractivity contribution < 1.29 is 19.2 Å². The quantitative estimate of drug-likeness (QED) is 0.158. The SMILES string of the molecule is COc1ccc(C=NNC(=O)CNc2ccc(I)c(C)c2)cc1OCc1ccc([N+](=O)[O-])cc1. The molecule has 0 aromatic heterocycles. The molecule has 0 fully saturated rings. The van der Waals surface area contributed by atoms with E-state index in [1.807, 2.05) is 25.1 Å². The van der Waals surface area contributed by atoms with Gasteiger partial charge in [0, 0.05) is 21.4 Å². The van der Waals surface area contributed by atoms with Crippen LogP contribution in [-0.2, 0) is 11.4 Å². The summed E-state index contributed by atoms with van der Waals surface area (Å²) in [6, 6.07) is 17.2. The molecule has 176 valence electrons. The number of nitrogens with zero attached hydrogens (tertiary/aromatic N) is 2. The van der Waals surface area contributed by atoms with E-state index in [1.165, 1.54) is 25.5 Å². The van der Waals surface area contributed by atoms with Gasteiger partial charge in [0.15, 0.2) is 11.5 Å². The molecule has 0 aliphatic carbocycles. The predicted molar refractivity (Wildman–Crippen MR) is 139 cm³/mol. The lowest BCUT2D eigenvalue weighted by molar-refractivity contribution is -0.384. The summed E-state index contributed by atoms with van der Waals surface area (Å²) >= 11 is 2.26. The minimum absolute atomic E-state index is 0.0189. The number of nitro benzene ring substituents is 1. The molecule has 0 radical (unpaired) electrons. The van der Waals surface area contributed by atoms with Crippen molar-refractivity contribution in [3.05, 3.63) is 91.0 Å². The predicted octanol–water partition coefficient (Wildman–Crippen LogP) is 4.66. The van der Waals surface area contributed by atoms with Gasteiger partial charge in [-0.15, -0.1) is 0 Å². The maximum atomic E-state index is 12.1. The molecular formula is C24H23IN4O5. The van der Waals surface area contributed by atoms with E-state index in [4.69, 9.17) is 9.47 Å². The molecule has 0 saturated carbocycles. The van der Waals surface area contributed by atoms with E-state index in [1.54, 1.807) is 30.3 Å². The van der Waals surface area contributed by atoms with Gasteiger partial charge in [-0.2, -0.15) is 5.10 Å². The van der Waals surface area contributed by atoms with Crippen molar-refractivity contribution in [2.24, 2.45) is 5.10 Å². The van der Waals surface area contributed by atoms with Gasteiger partial charge in [-0.05, 0) is 94.7 Å². The Kier molecular flexibility index (Phi) is 8.79. The van der Waals surface area contributed by atoms with Crippen LogP contribution in [0.2, 0.25) is 0 Å². The number of hydrazone groups is 1. The standard InChI is InChI=1S/C24H23IN4O5/c1-16-11-19(6-9-21(16)25)26-14-24(30)28-27-13-18-5-10-22(33-2)23(12-18)34-15-17-3-7-20(8-4-17)29(31)32/h3-13,26H,14-15H2,1-2H3,(H,28,30). The maximum absolute atomic E-state index is 12.1. The summed E-state index contributed by atoms with van der Waals surface area (Å²) in [5, 5.41) is 17.8. The van der Waals surface area contributed by atoms with Crippen molar-refractivity contribution in [3.8, 4) is 11.5 Å². The van der Waals surface area contributed by atoms with Crippen molar-refractivity contribution in [3.63, 3.8) is 0 Å². The zero-order chi connectivity index (χ0) is 24.5. The molecule has 9 nitrogen and oxygen atoms in total. The largest absolute Gasteiger partial charge is 0.493 e. The second-order valence-corrected chi connectivity index (χ2v) is 8.40. The van der Waals surface area contributed by atoms with Crippen LogP contribution in [0.3, 0.4) is 0 Å². The lowest BCUT2D eigenvalue weighted by Crippen LogP contribution is -2.25. The molecule has 2 N–H and O–H groups in total. The molecule has 10 heteroatoms. The fraction of sp³-hybridized carbons (Fsp3) is 0.167. The number of carbonyl (C=O) groups is 1. The molecule has 0 aliphatic rings. The third-order valence-electron chi connectivity index (χ3n) is 4.74. The molecule has 0 unspecified atom stereocenters. The number of methoxy groups -OCH3 is 1. The fourth-order valence-electron chi connectivity index (χ4n) is 2.92. The van der Waals surface area contributed by atoms with E-state index in [2.05, 4.69) is 38.4 Å². The van der Waals surface area contributed by atoms with Gasteiger partial charge in [-0.3, -0.25) is 14.9 Å². The average molecular weight is 574 g/mol. The van der Waals surface area contributed by atoms with Crippen LogP contribution in [0, 0.1) is 20.6 Å². The third-order valence-corrected chi connectivity index (χ3v) is 5.95. The summed E-state index contributed by atoms with van der Waals surface area (Å²) in [4.78, 5) is 22.4. The lowest BCUT2D eigenvalue weighted by Gasteiger charge is -2.11. The number of rotatable bonds is 10. The molecule has 0 aliphatic heterocycles. The number of halogens is 1. The van der Waals surface area contributed by atoms with Crippen molar-refractivity contribution in [1.29, 1.82) is 0 Å². The second kappa shape index (κ2) is 12.0. The van der Waals surface area contributed by atoms with E-state index in [0.717, 1.165) is 20.4 Å². The van der Waals surface area contributed by atoms with E-state index < -0.39 is 4.92 Å². The van der Waals surface area contributed by atoms with Gasteiger partial charge in [0.25, 0.3) is 11.6 Å². The summed E-state index contributed by atoms with van der Waals surface area (Å²) in [6.07, 6.45) is 1.51. The smallest absolute Gasteiger partial charge is 0.269 e. The summed E-state index contributed by atoms with van der Waals surface area (Å²) in [5.74, 6) is 0.725. The van der Waals surface area contributed by atoms with Crippen molar-refractivity contribution in [2.45, 2.75) is 13.5 Å². The number of carbonyl (C=O) groups excluding carboxylic acids is 1. The number of ether oxygens (including phenoxy) is 2. The Balaban J connectivity index is 1.55.